The highest BCUT2D eigenvalue weighted by Gasteiger charge is 2.47. The van der Waals surface area contributed by atoms with Gasteiger partial charge in [-0.2, -0.15) is 0 Å². The molecule has 0 bridgehead atoms. The number of benzene rings is 1. The van der Waals surface area contributed by atoms with Crippen LogP contribution in [-0.2, 0) is 20.7 Å². The minimum absolute atomic E-state index is 0.0198. The molecule has 0 spiro atoms. The Morgan fingerprint density at radius 2 is 2.04 bits per heavy atom. The highest BCUT2D eigenvalue weighted by molar-refractivity contribution is 5.92. The predicted octanol–water partition coefficient (Wildman–Crippen LogP) is 1.13. The van der Waals surface area contributed by atoms with Gasteiger partial charge >= 0.3 is 0 Å². The zero-order chi connectivity index (χ0) is 17.9. The summed E-state index contributed by atoms with van der Waals surface area (Å²) in [5.74, 6) is 0.108. The molecule has 7 nitrogen and oxygen atoms in total. The van der Waals surface area contributed by atoms with E-state index in [-0.39, 0.29) is 29.8 Å². The normalized spacial score (nSPS) is 24.3. The quantitative estimate of drug-likeness (QED) is 0.892. The number of amides is 2. The molecule has 0 unspecified atom stereocenters. The first-order valence-corrected chi connectivity index (χ1v) is 8.71. The van der Waals surface area contributed by atoms with E-state index in [9.17, 15) is 9.59 Å². The molecule has 0 saturated carbocycles. The molecule has 3 atom stereocenters. The van der Waals surface area contributed by atoms with Crippen molar-refractivity contribution in [2.75, 3.05) is 25.0 Å². The molecule has 26 heavy (non-hydrogen) atoms. The second-order valence-corrected chi connectivity index (χ2v) is 6.68. The van der Waals surface area contributed by atoms with Crippen molar-refractivity contribution in [2.24, 2.45) is 11.8 Å². The Morgan fingerprint density at radius 1 is 1.19 bits per heavy atom. The highest BCUT2D eigenvalue weighted by atomic mass is 16.5. The Balaban J connectivity index is 1.37. The zero-order valence-electron chi connectivity index (χ0n) is 14.2. The summed E-state index contributed by atoms with van der Waals surface area (Å²) in [6.45, 7) is 1.47. The van der Waals surface area contributed by atoms with Crippen LogP contribution in [0.25, 0.3) is 0 Å². The molecule has 2 fully saturated rings. The van der Waals surface area contributed by atoms with Gasteiger partial charge in [-0.05, 0) is 5.56 Å². The molecule has 3 heterocycles. The third-order valence-electron chi connectivity index (χ3n) is 5.02. The molecule has 1 N–H and O–H groups in total. The van der Waals surface area contributed by atoms with E-state index < -0.39 is 0 Å². The highest BCUT2D eigenvalue weighted by Crippen LogP contribution is 2.34. The van der Waals surface area contributed by atoms with Gasteiger partial charge < -0.3 is 15.0 Å². The van der Waals surface area contributed by atoms with E-state index in [1.165, 1.54) is 12.4 Å². The van der Waals surface area contributed by atoms with Crippen molar-refractivity contribution in [3.63, 3.8) is 0 Å². The first-order chi connectivity index (χ1) is 12.7. The van der Waals surface area contributed by atoms with Crippen LogP contribution in [0.3, 0.4) is 0 Å². The maximum atomic E-state index is 12.6. The molecule has 2 saturated heterocycles. The van der Waals surface area contributed by atoms with E-state index in [2.05, 4.69) is 15.3 Å². The average molecular weight is 352 g/mol. The number of nitrogens with zero attached hydrogens (tertiary/aromatic N) is 3. The number of fused-ring (bicyclic) bond motifs is 1. The summed E-state index contributed by atoms with van der Waals surface area (Å²) >= 11 is 0. The topological polar surface area (TPSA) is 84.4 Å². The van der Waals surface area contributed by atoms with Gasteiger partial charge in [0.2, 0.25) is 11.8 Å². The fourth-order valence-electron chi connectivity index (χ4n) is 3.65. The number of likely N-dealkylation sites (tertiary alicyclic amines) is 1. The Kier molecular flexibility index (Phi) is 4.62. The van der Waals surface area contributed by atoms with Gasteiger partial charge in [0.1, 0.15) is 0 Å². The Morgan fingerprint density at radius 3 is 2.81 bits per heavy atom. The molecule has 7 heteroatoms. The lowest BCUT2D eigenvalue weighted by Crippen LogP contribution is -2.35. The summed E-state index contributed by atoms with van der Waals surface area (Å²) < 4.78 is 5.79. The molecule has 2 aromatic rings. The molecule has 1 aromatic carbocycles. The SMILES string of the molecule is O=C(Nc1cnccn1)[C@@H]1CO[C@H]2CN(C(=O)Cc3ccccc3)C[C@@H]21. The number of aromatic nitrogens is 2. The van der Waals surface area contributed by atoms with Gasteiger partial charge in [0.05, 0.1) is 31.2 Å². The largest absolute Gasteiger partial charge is 0.375 e. The van der Waals surface area contributed by atoms with Gasteiger partial charge in [-0.25, -0.2) is 4.98 Å². The number of anilines is 1. The van der Waals surface area contributed by atoms with Crippen LogP contribution in [-0.4, -0.2) is 52.5 Å². The molecule has 0 aliphatic carbocycles. The van der Waals surface area contributed by atoms with Crippen LogP contribution in [0.1, 0.15) is 5.56 Å². The average Bonchev–Trinajstić information content (AvgIpc) is 3.24. The molecule has 2 amide bonds. The molecule has 1 aromatic heterocycles. The second-order valence-electron chi connectivity index (χ2n) is 6.68. The van der Waals surface area contributed by atoms with Crippen LogP contribution in [0, 0.1) is 11.8 Å². The fourth-order valence-corrected chi connectivity index (χ4v) is 3.65. The number of ether oxygens (including phenoxy) is 1. The zero-order valence-corrected chi connectivity index (χ0v) is 14.2. The molecular formula is C19H20N4O3. The number of hydrogen-bond donors (Lipinski definition) is 1. The molecule has 2 aliphatic rings. The summed E-state index contributed by atoms with van der Waals surface area (Å²) in [6, 6.07) is 9.68. The lowest BCUT2D eigenvalue weighted by molar-refractivity contribution is -0.131. The standard InChI is InChI=1S/C19H20N4O3/c24-18(8-13-4-2-1-3-5-13)23-10-14-15(12-26-16(14)11-23)19(25)22-17-9-20-6-7-21-17/h1-7,9,14-16H,8,10-12H2,(H,21,22,25)/t14-,15-,16+/m1/s1. The van der Waals surface area contributed by atoms with E-state index in [0.717, 1.165) is 5.56 Å². The lowest BCUT2D eigenvalue weighted by Gasteiger charge is -2.19. The Labute approximate surface area is 151 Å². The maximum Gasteiger partial charge on any atom is 0.231 e. The summed E-state index contributed by atoms with van der Waals surface area (Å²) in [5, 5.41) is 2.78. The predicted molar refractivity (Wildman–Crippen MR) is 94.1 cm³/mol. The summed E-state index contributed by atoms with van der Waals surface area (Å²) in [4.78, 5) is 34.9. The van der Waals surface area contributed by atoms with Crippen molar-refractivity contribution >= 4 is 17.6 Å². The molecule has 134 valence electrons. The lowest BCUT2D eigenvalue weighted by atomic mass is 9.92. The van der Waals surface area contributed by atoms with Crippen LogP contribution < -0.4 is 5.32 Å². The smallest absolute Gasteiger partial charge is 0.231 e. The van der Waals surface area contributed by atoms with E-state index in [4.69, 9.17) is 4.74 Å². The summed E-state index contributed by atoms with van der Waals surface area (Å²) in [5.41, 5.74) is 0.993. The van der Waals surface area contributed by atoms with Crippen molar-refractivity contribution in [1.82, 2.24) is 14.9 Å². The third-order valence-corrected chi connectivity index (χ3v) is 5.02. The number of carbonyl (C=O) groups is 2. The molecule has 2 aliphatic heterocycles. The van der Waals surface area contributed by atoms with Gasteiger partial charge in [-0.15, -0.1) is 0 Å². The monoisotopic (exact) mass is 352 g/mol. The fraction of sp³-hybridized carbons (Fsp3) is 0.368. The van der Waals surface area contributed by atoms with Crippen LogP contribution in [0.5, 0.6) is 0 Å². The van der Waals surface area contributed by atoms with E-state index in [0.29, 0.717) is 31.9 Å². The second kappa shape index (κ2) is 7.21. The van der Waals surface area contributed by atoms with Crippen molar-refractivity contribution < 1.29 is 14.3 Å². The van der Waals surface area contributed by atoms with Crippen LogP contribution in [0.15, 0.2) is 48.9 Å². The maximum absolute atomic E-state index is 12.6. The molecule has 0 radical (unpaired) electrons. The molecular weight excluding hydrogens is 332 g/mol. The van der Waals surface area contributed by atoms with E-state index in [1.807, 2.05) is 35.2 Å². The number of nitrogens with one attached hydrogen (secondary N) is 1. The van der Waals surface area contributed by atoms with Gasteiger partial charge in [-0.1, -0.05) is 30.3 Å². The van der Waals surface area contributed by atoms with Crippen molar-refractivity contribution in [2.45, 2.75) is 12.5 Å². The van der Waals surface area contributed by atoms with E-state index >= 15 is 0 Å². The summed E-state index contributed by atoms with van der Waals surface area (Å²) in [7, 11) is 0. The number of rotatable bonds is 4. The number of hydrogen-bond acceptors (Lipinski definition) is 5. The van der Waals surface area contributed by atoms with Gasteiger partial charge in [0.15, 0.2) is 5.82 Å². The van der Waals surface area contributed by atoms with Crippen LogP contribution in [0.4, 0.5) is 5.82 Å². The number of carbonyl (C=O) groups excluding carboxylic acids is 2. The van der Waals surface area contributed by atoms with Crippen LogP contribution in [0.2, 0.25) is 0 Å². The minimum Gasteiger partial charge on any atom is -0.375 e. The first-order valence-electron chi connectivity index (χ1n) is 8.71. The minimum atomic E-state index is -0.281. The van der Waals surface area contributed by atoms with Crippen molar-refractivity contribution in [1.29, 1.82) is 0 Å². The van der Waals surface area contributed by atoms with E-state index in [1.54, 1.807) is 6.20 Å². The Hall–Kier alpha value is -2.80. The third kappa shape index (κ3) is 3.43. The molecule has 4 rings (SSSR count). The van der Waals surface area contributed by atoms with Crippen LogP contribution >= 0.6 is 0 Å². The van der Waals surface area contributed by atoms with Crippen molar-refractivity contribution in [3.8, 4) is 0 Å². The summed E-state index contributed by atoms with van der Waals surface area (Å²) in [6.07, 6.45) is 4.89. The first kappa shape index (κ1) is 16.7. The van der Waals surface area contributed by atoms with Gasteiger partial charge in [0, 0.05) is 31.4 Å². The van der Waals surface area contributed by atoms with Gasteiger partial charge in [0.25, 0.3) is 0 Å². The Bertz CT molecular complexity index is 784. The van der Waals surface area contributed by atoms with Crippen molar-refractivity contribution in [3.05, 3.63) is 54.5 Å². The van der Waals surface area contributed by atoms with Gasteiger partial charge in [-0.3, -0.25) is 14.6 Å².